The molecule has 28 atom stereocenters. The van der Waals surface area contributed by atoms with Gasteiger partial charge in [-0.2, -0.15) is 0 Å². The third-order valence-electron chi connectivity index (χ3n) is 18.2. The topological polar surface area (TPSA) is 359 Å². The third kappa shape index (κ3) is 19.6. The molecule has 518 valence electrons. The number of aliphatic hydroxyl groups is 8. The van der Waals surface area contributed by atoms with Crippen molar-refractivity contribution in [1.29, 1.82) is 0 Å². The predicted molar refractivity (Wildman–Crippen MR) is 319 cm³/mol. The molecule has 6 aliphatic rings. The van der Waals surface area contributed by atoms with Crippen LogP contribution in [0, 0.1) is 11.8 Å². The Morgan fingerprint density at radius 3 is 1.77 bits per heavy atom. The number of benzene rings is 1. The minimum atomic E-state index is -2.06. The summed E-state index contributed by atoms with van der Waals surface area (Å²) in [6.45, 7) is 14.0. The van der Waals surface area contributed by atoms with E-state index in [-0.39, 0.29) is 18.9 Å². The molecule has 0 aliphatic carbocycles. The molecule has 8 N–H and O–H groups in total. The summed E-state index contributed by atoms with van der Waals surface area (Å²) >= 11 is 0. The Morgan fingerprint density at radius 1 is 0.538 bits per heavy atom. The van der Waals surface area contributed by atoms with Crippen molar-refractivity contribution < 1.29 is 126 Å². The first-order valence-electron chi connectivity index (χ1n) is 33.0. The fourth-order valence-electron chi connectivity index (χ4n) is 12.0. The number of rotatable bonds is 20. The highest BCUT2D eigenvalue weighted by molar-refractivity contribution is 5.87. The number of esters is 4. The van der Waals surface area contributed by atoms with Gasteiger partial charge in [0.25, 0.3) is 0 Å². The van der Waals surface area contributed by atoms with Crippen LogP contribution in [0.3, 0.4) is 0 Å². The molecule has 1 aromatic rings. The van der Waals surface area contributed by atoms with Gasteiger partial charge in [-0.15, -0.1) is 0 Å². The van der Waals surface area contributed by atoms with Crippen LogP contribution in [-0.2, 0) is 85.5 Å². The molecule has 6 fully saturated rings. The van der Waals surface area contributed by atoms with Crippen LogP contribution >= 0.6 is 0 Å². The van der Waals surface area contributed by atoms with Gasteiger partial charge in [0.2, 0.25) is 0 Å². The Morgan fingerprint density at radius 2 is 1.11 bits per heavy atom. The van der Waals surface area contributed by atoms with E-state index in [0.29, 0.717) is 31.2 Å². The molecular formula is C65H102O26. The van der Waals surface area contributed by atoms with Crippen molar-refractivity contribution in [2.75, 3.05) is 6.61 Å². The van der Waals surface area contributed by atoms with Crippen LogP contribution in [-0.4, -0.2) is 231 Å². The maximum absolute atomic E-state index is 14.3. The Labute approximate surface area is 533 Å². The van der Waals surface area contributed by atoms with Gasteiger partial charge in [0.1, 0.15) is 73.2 Å². The van der Waals surface area contributed by atoms with E-state index in [1.807, 2.05) is 0 Å². The highest BCUT2D eigenvalue weighted by Gasteiger charge is 2.59. The number of aliphatic hydroxyl groups excluding tert-OH is 8. The molecule has 26 heteroatoms. The van der Waals surface area contributed by atoms with E-state index in [0.717, 1.165) is 63.9 Å². The lowest BCUT2D eigenvalue weighted by molar-refractivity contribution is -0.400. The molecule has 28 unspecified atom stereocenters. The van der Waals surface area contributed by atoms with Crippen LogP contribution in [0.4, 0.5) is 0 Å². The quantitative estimate of drug-likeness (QED) is 0.0399. The van der Waals surface area contributed by atoms with E-state index >= 15 is 0 Å². The smallest absolute Gasteiger partial charge is 0.331 e. The first-order valence-corrected chi connectivity index (χ1v) is 33.0. The largest absolute Gasteiger partial charge is 0.455 e. The van der Waals surface area contributed by atoms with Gasteiger partial charge >= 0.3 is 23.9 Å². The maximum atomic E-state index is 14.3. The molecule has 7 rings (SSSR count). The number of hydrogen-bond acceptors (Lipinski definition) is 26. The fraction of sp³-hybridized carbons (Fsp3) is 0.815. The Hall–Kier alpha value is -3.88. The van der Waals surface area contributed by atoms with Crippen molar-refractivity contribution in [3.63, 3.8) is 0 Å². The van der Waals surface area contributed by atoms with Gasteiger partial charge in [0.15, 0.2) is 55.9 Å². The standard InChI is InChI=1S/C65H102O26/c1-10-13-20-27-40-28-23-17-15-14-16-18-24-29-42(67)85-56-49(74)51(36(7)80-64(56)90-55-47(72)44(69)35(6)78-63(55)82-40)88-65-58(87-60(77)34(5)12-3)57(91-61-48(73)46(71)45(70)41(32-66)83-61)53(38(9)81-65)89-62-50(75)54(52(37(8)79-62)86-59(76)33(4)11-2)84-43(68)31-30-39-25-21-19-22-26-39/h19,21-22,25-26,30-31,33-38,40-41,44-58,61-66,69-75H,10-18,20,23-24,27-29,32H2,1-9H3. The molecule has 26 nitrogen and oxygen atoms in total. The number of carbonyl (C=O) groups is 4. The molecule has 0 radical (unpaired) electrons. The van der Waals surface area contributed by atoms with Gasteiger partial charge in [-0.05, 0) is 71.4 Å². The second-order valence-corrected chi connectivity index (χ2v) is 25.2. The number of ether oxygens (including phenoxy) is 14. The zero-order valence-corrected chi connectivity index (χ0v) is 53.9. The summed E-state index contributed by atoms with van der Waals surface area (Å²) < 4.78 is 88.6. The Balaban J connectivity index is 1.25. The van der Waals surface area contributed by atoms with E-state index in [1.165, 1.54) is 26.8 Å². The minimum Gasteiger partial charge on any atom is -0.455 e. The van der Waals surface area contributed by atoms with Crippen LogP contribution in [0.1, 0.15) is 164 Å². The average Bonchev–Trinajstić information content (AvgIpc) is 0.825. The fourth-order valence-corrected chi connectivity index (χ4v) is 12.0. The van der Waals surface area contributed by atoms with E-state index < -0.39 is 196 Å². The number of unbranched alkanes of at least 4 members (excludes halogenated alkanes) is 2. The molecule has 6 saturated heterocycles. The normalized spacial score (nSPS) is 40.6. The van der Waals surface area contributed by atoms with Gasteiger partial charge in [-0.3, -0.25) is 14.4 Å². The van der Waals surface area contributed by atoms with Gasteiger partial charge in [0, 0.05) is 12.5 Å². The summed E-state index contributed by atoms with van der Waals surface area (Å²) in [6, 6.07) is 8.81. The van der Waals surface area contributed by atoms with Crippen molar-refractivity contribution in [2.45, 2.75) is 318 Å². The van der Waals surface area contributed by atoms with E-state index in [2.05, 4.69) is 6.92 Å². The molecule has 91 heavy (non-hydrogen) atoms. The summed E-state index contributed by atoms with van der Waals surface area (Å²) in [6.07, 6.45) is -27.8. The lowest BCUT2D eigenvalue weighted by Crippen LogP contribution is -2.68. The zero-order valence-electron chi connectivity index (χ0n) is 53.9. The van der Waals surface area contributed by atoms with Gasteiger partial charge in [-0.1, -0.05) is 123 Å². The second-order valence-electron chi connectivity index (χ2n) is 25.2. The van der Waals surface area contributed by atoms with Crippen molar-refractivity contribution in [2.24, 2.45) is 11.8 Å². The molecule has 0 saturated carbocycles. The molecule has 0 aromatic heterocycles. The highest BCUT2D eigenvalue weighted by Crippen LogP contribution is 2.40. The molecule has 0 amide bonds. The molecular weight excluding hydrogens is 1200 g/mol. The number of carbonyl (C=O) groups excluding carboxylic acids is 4. The van der Waals surface area contributed by atoms with Crippen molar-refractivity contribution in [3.05, 3.63) is 42.0 Å². The summed E-state index contributed by atoms with van der Waals surface area (Å²) in [5.74, 6) is -4.61. The zero-order chi connectivity index (χ0) is 66.2. The molecule has 6 aliphatic heterocycles. The van der Waals surface area contributed by atoms with Crippen LogP contribution < -0.4 is 0 Å². The SMILES string of the molecule is CCCCCC1CCCCCCCCCC(=O)OC2C(OC(C)C(OC3OC(C)C(OC4OC(C)C(OC(=O)C(C)CC)C(OC(=O)C=Cc5ccccc5)C4O)C(OC4OC(CO)C(O)C(O)C4O)C3OC(=O)C(C)CC)C2O)OC2C(O1)OC(C)C(O)C2O. The van der Waals surface area contributed by atoms with Gasteiger partial charge in [-0.25, -0.2) is 4.79 Å². The summed E-state index contributed by atoms with van der Waals surface area (Å²) in [7, 11) is 0. The minimum absolute atomic E-state index is 0.0562. The summed E-state index contributed by atoms with van der Waals surface area (Å²) in [5, 5.41) is 91.8. The Bertz CT molecular complexity index is 2400. The third-order valence-corrected chi connectivity index (χ3v) is 18.2. The first-order chi connectivity index (χ1) is 43.5. The lowest BCUT2D eigenvalue weighted by atomic mass is 9.95. The van der Waals surface area contributed by atoms with E-state index in [4.69, 9.17) is 66.3 Å². The van der Waals surface area contributed by atoms with Crippen molar-refractivity contribution in [1.82, 2.24) is 0 Å². The van der Waals surface area contributed by atoms with Crippen LogP contribution in [0.5, 0.6) is 0 Å². The molecule has 0 spiro atoms. The van der Waals surface area contributed by atoms with E-state index in [9.17, 15) is 60.0 Å². The van der Waals surface area contributed by atoms with Gasteiger partial charge in [0.05, 0.1) is 49.0 Å². The van der Waals surface area contributed by atoms with Crippen LogP contribution in [0.25, 0.3) is 6.08 Å². The molecule has 1 aromatic carbocycles. The first kappa shape index (κ1) is 74.5. The number of hydrogen-bond donors (Lipinski definition) is 8. The summed E-state index contributed by atoms with van der Waals surface area (Å²) in [4.78, 5) is 55.2. The van der Waals surface area contributed by atoms with Crippen molar-refractivity contribution >= 4 is 30.0 Å². The van der Waals surface area contributed by atoms with Crippen LogP contribution in [0.2, 0.25) is 0 Å². The maximum Gasteiger partial charge on any atom is 0.331 e. The average molecular weight is 1300 g/mol. The number of fused-ring (bicyclic) bond motifs is 2. The lowest BCUT2D eigenvalue weighted by Gasteiger charge is -2.51. The summed E-state index contributed by atoms with van der Waals surface area (Å²) in [5.41, 5.74) is 0.648. The molecule has 6 heterocycles. The van der Waals surface area contributed by atoms with Crippen LogP contribution in [0.15, 0.2) is 36.4 Å². The highest BCUT2D eigenvalue weighted by atomic mass is 16.8. The monoisotopic (exact) mass is 1300 g/mol. The van der Waals surface area contributed by atoms with E-state index in [1.54, 1.807) is 65.0 Å². The second kappa shape index (κ2) is 35.7. The Kier molecular flexibility index (Phi) is 29.3. The molecule has 0 bridgehead atoms. The van der Waals surface area contributed by atoms with Gasteiger partial charge < -0.3 is 107 Å². The predicted octanol–water partition coefficient (Wildman–Crippen LogP) is 3.69. The van der Waals surface area contributed by atoms with Crippen molar-refractivity contribution in [3.8, 4) is 0 Å².